The summed E-state index contributed by atoms with van der Waals surface area (Å²) in [6.45, 7) is 2.26. The van der Waals surface area contributed by atoms with Crippen LogP contribution in [0.15, 0.2) is 0 Å². The molecule has 1 N–H and O–H groups in total. The van der Waals surface area contributed by atoms with Crippen molar-refractivity contribution in [2.24, 2.45) is 0 Å². The van der Waals surface area contributed by atoms with E-state index in [4.69, 9.17) is 5.11 Å². The average Bonchev–Trinajstić information content (AvgIpc) is 2.50. The lowest BCUT2D eigenvalue weighted by atomic mass is 10.0. The van der Waals surface area contributed by atoms with Crippen molar-refractivity contribution in [3.8, 4) is 0 Å². The van der Waals surface area contributed by atoms with E-state index in [1.165, 1.54) is 77.0 Å². The molecule has 3 nitrogen and oxygen atoms in total. The van der Waals surface area contributed by atoms with E-state index in [0.717, 1.165) is 19.3 Å². The highest BCUT2D eigenvalue weighted by atomic mass is 16.4. The first-order chi connectivity index (χ1) is 10.7. The lowest BCUT2D eigenvalue weighted by Crippen LogP contribution is -2.11. The average molecular weight is 312 g/mol. The van der Waals surface area contributed by atoms with E-state index < -0.39 is 11.8 Å². The Bertz CT molecular complexity index is 274. The Morgan fingerprint density at radius 1 is 0.591 bits per heavy atom. The van der Waals surface area contributed by atoms with Crippen molar-refractivity contribution in [1.82, 2.24) is 0 Å². The number of carboxylic acid groups (broad SMARTS) is 1. The van der Waals surface area contributed by atoms with Crippen LogP contribution in [-0.2, 0) is 9.59 Å². The van der Waals surface area contributed by atoms with E-state index in [2.05, 4.69) is 6.92 Å². The van der Waals surface area contributed by atoms with Crippen LogP contribution in [0.5, 0.6) is 0 Å². The molecule has 0 aromatic heterocycles. The molecule has 0 rings (SSSR count). The quantitative estimate of drug-likeness (QED) is 0.268. The number of Topliss-reactive ketones (excluding diaryl/α,β-unsaturated/α-hetero) is 1. The minimum Gasteiger partial charge on any atom is -0.476 e. The van der Waals surface area contributed by atoms with Gasteiger partial charge < -0.3 is 5.11 Å². The number of carboxylic acids is 1. The molecule has 0 radical (unpaired) electrons. The molecule has 0 amide bonds. The van der Waals surface area contributed by atoms with E-state index >= 15 is 0 Å². The number of carbonyl (C=O) groups excluding carboxylic acids is 1. The maximum Gasteiger partial charge on any atom is 0.372 e. The number of carbonyl (C=O) groups is 2. The highest BCUT2D eigenvalue weighted by Crippen LogP contribution is 2.13. The number of hydrogen-bond acceptors (Lipinski definition) is 2. The monoisotopic (exact) mass is 312 g/mol. The zero-order chi connectivity index (χ0) is 16.5. The summed E-state index contributed by atoms with van der Waals surface area (Å²) in [5.41, 5.74) is 0. The summed E-state index contributed by atoms with van der Waals surface area (Å²) in [6.07, 6.45) is 19.4. The van der Waals surface area contributed by atoms with Gasteiger partial charge in [0, 0.05) is 6.42 Å². The fraction of sp³-hybridized carbons (Fsp3) is 0.895. The largest absolute Gasteiger partial charge is 0.476 e. The molecular formula is C19H36O3. The Kier molecular flexibility index (Phi) is 15.9. The third kappa shape index (κ3) is 15.5. The zero-order valence-electron chi connectivity index (χ0n) is 14.6. The summed E-state index contributed by atoms with van der Waals surface area (Å²) in [5.74, 6) is -1.93. The van der Waals surface area contributed by atoms with E-state index in [1.807, 2.05) is 0 Å². The van der Waals surface area contributed by atoms with Gasteiger partial charge in [-0.2, -0.15) is 0 Å². The van der Waals surface area contributed by atoms with Crippen molar-refractivity contribution in [2.45, 2.75) is 110 Å². The zero-order valence-corrected chi connectivity index (χ0v) is 14.6. The highest BCUT2D eigenvalue weighted by molar-refractivity contribution is 6.32. The third-order valence-corrected chi connectivity index (χ3v) is 4.25. The van der Waals surface area contributed by atoms with Gasteiger partial charge in [0.1, 0.15) is 0 Å². The van der Waals surface area contributed by atoms with Crippen molar-refractivity contribution >= 4 is 11.8 Å². The first-order valence-electron chi connectivity index (χ1n) is 9.44. The molecule has 0 saturated carbocycles. The van der Waals surface area contributed by atoms with Gasteiger partial charge in [-0.15, -0.1) is 0 Å². The van der Waals surface area contributed by atoms with Gasteiger partial charge in [-0.3, -0.25) is 4.79 Å². The van der Waals surface area contributed by atoms with Crippen LogP contribution in [0.4, 0.5) is 0 Å². The van der Waals surface area contributed by atoms with E-state index in [-0.39, 0.29) is 6.42 Å². The number of aliphatic carboxylic acids is 1. The van der Waals surface area contributed by atoms with Crippen LogP contribution in [0.25, 0.3) is 0 Å². The Hall–Kier alpha value is -0.860. The second kappa shape index (κ2) is 16.5. The Labute approximate surface area is 136 Å². The van der Waals surface area contributed by atoms with Gasteiger partial charge in [-0.1, -0.05) is 96.8 Å². The minimum absolute atomic E-state index is 0.202. The normalized spacial score (nSPS) is 10.8. The molecule has 0 atom stereocenters. The number of hydrogen-bond donors (Lipinski definition) is 1. The maximum atomic E-state index is 10.9. The molecule has 3 heteroatoms. The molecule has 130 valence electrons. The van der Waals surface area contributed by atoms with Crippen LogP contribution in [0.2, 0.25) is 0 Å². The fourth-order valence-electron chi connectivity index (χ4n) is 2.76. The highest BCUT2D eigenvalue weighted by Gasteiger charge is 2.09. The second-order valence-electron chi connectivity index (χ2n) is 6.43. The molecule has 0 saturated heterocycles. The van der Waals surface area contributed by atoms with Crippen LogP contribution < -0.4 is 0 Å². The van der Waals surface area contributed by atoms with Gasteiger partial charge >= 0.3 is 5.97 Å². The Morgan fingerprint density at radius 3 is 1.23 bits per heavy atom. The first kappa shape index (κ1) is 21.1. The topological polar surface area (TPSA) is 54.4 Å². The molecule has 0 aromatic rings. The molecule has 0 bridgehead atoms. The summed E-state index contributed by atoms with van der Waals surface area (Å²) in [5, 5.41) is 8.45. The van der Waals surface area contributed by atoms with Crippen molar-refractivity contribution in [3.05, 3.63) is 0 Å². The van der Waals surface area contributed by atoms with Gasteiger partial charge in [0.15, 0.2) is 0 Å². The molecule has 0 aliphatic carbocycles. The fourth-order valence-corrected chi connectivity index (χ4v) is 2.76. The Morgan fingerprint density at radius 2 is 0.909 bits per heavy atom. The predicted octanol–water partition coefficient (Wildman–Crippen LogP) is 5.90. The minimum atomic E-state index is -1.29. The molecule has 0 aromatic carbocycles. The molecule has 22 heavy (non-hydrogen) atoms. The van der Waals surface area contributed by atoms with E-state index in [9.17, 15) is 9.59 Å². The number of ketones is 1. The molecular weight excluding hydrogens is 276 g/mol. The first-order valence-corrected chi connectivity index (χ1v) is 9.44. The van der Waals surface area contributed by atoms with Gasteiger partial charge in [0.25, 0.3) is 0 Å². The SMILES string of the molecule is CCCCCCCCCCCCCCCCCC(=O)C(=O)O. The second-order valence-corrected chi connectivity index (χ2v) is 6.43. The molecule has 0 heterocycles. The molecule has 0 aliphatic heterocycles. The van der Waals surface area contributed by atoms with Crippen molar-refractivity contribution in [1.29, 1.82) is 0 Å². The summed E-state index contributed by atoms with van der Waals surface area (Å²) in [6, 6.07) is 0. The lowest BCUT2D eigenvalue weighted by Gasteiger charge is -2.03. The molecule has 0 unspecified atom stereocenters. The summed E-state index contributed by atoms with van der Waals surface area (Å²) in [7, 11) is 0. The predicted molar refractivity (Wildman–Crippen MR) is 92.2 cm³/mol. The van der Waals surface area contributed by atoms with Crippen molar-refractivity contribution < 1.29 is 14.7 Å². The van der Waals surface area contributed by atoms with E-state index in [0.29, 0.717) is 0 Å². The maximum absolute atomic E-state index is 10.9. The molecule has 0 spiro atoms. The third-order valence-electron chi connectivity index (χ3n) is 4.25. The van der Waals surface area contributed by atoms with Gasteiger partial charge in [0.2, 0.25) is 5.78 Å². The summed E-state index contributed by atoms with van der Waals surface area (Å²) in [4.78, 5) is 21.2. The molecule has 0 aliphatic rings. The lowest BCUT2D eigenvalue weighted by molar-refractivity contribution is -0.149. The van der Waals surface area contributed by atoms with Crippen molar-refractivity contribution in [2.75, 3.05) is 0 Å². The number of unbranched alkanes of at least 4 members (excludes halogenated alkanes) is 14. The van der Waals surface area contributed by atoms with Gasteiger partial charge in [-0.25, -0.2) is 4.79 Å². The van der Waals surface area contributed by atoms with Crippen LogP contribution in [-0.4, -0.2) is 16.9 Å². The van der Waals surface area contributed by atoms with Gasteiger partial charge in [0.05, 0.1) is 0 Å². The Balaban J connectivity index is 3.05. The van der Waals surface area contributed by atoms with Crippen LogP contribution in [0, 0.1) is 0 Å². The smallest absolute Gasteiger partial charge is 0.372 e. The van der Waals surface area contributed by atoms with Crippen LogP contribution in [0.1, 0.15) is 110 Å². The molecule has 0 fully saturated rings. The van der Waals surface area contributed by atoms with Crippen LogP contribution in [0.3, 0.4) is 0 Å². The summed E-state index contributed by atoms with van der Waals surface area (Å²) >= 11 is 0. The van der Waals surface area contributed by atoms with E-state index in [1.54, 1.807) is 0 Å². The summed E-state index contributed by atoms with van der Waals surface area (Å²) < 4.78 is 0. The van der Waals surface area contributed by atoms with Crippen molar-refractivity contribution in [3.63, 3.8) is 0 Å². The standard InChI is InChI=1S/C19H36O3/c1-2-3-4-5-6-7-8-9-10-11-12-13-14-15-16-17-18(20)19(21)22/h2-17H2,1H3,(H,21,22). The van der Waals surface area contributed by atoms with Crippen LogP contribution >= 0.6 is 0 Å². The van der Waals surface area contributed by atoms with Gasteiger partial charge in [-0.05, 0) is 6.42 Å². The number of rotatable bonds is 17.